The number of aryl methyl sites for hydroxylation is 1. The lowest BCUT2D eigenvalue weighted by molar-refractivity contribution is 0.0601. The van der Waals surface area contributed by atoms with Crippen molar-refractivity contribution in [3.05, 3.63) is 64.2 Å². The molecule has 148 valence electrons. The van der Waals surface area contributed by atoms with Crippen LogP contribution in [0.1, 0.15) is 73.7 Å². The molecule has 2 aromatic carbocycles. The number of benzene rings is 2. The van der Waals surface area contributed by atoms with E-state index < -0.39 is 0 Å². The van der Waals surface area contributed by atoms with Gasteiger partial charge in [-0.2, -0.15) is 0 Å². The summed E-state index contributed by atoms with van der Waals surface area (Å²) in [6.07, 6.45) is 3.04. The summed E-state index contributed by atoms with van der Waals surface area (Å²) in [6.45, 7) is 13.9. The largest absolute Gasteiger partial charge is 0.465 e. The molecule has 0 radical (unpaired) electrons. The van der Waals surface area contributed by atoms with Crippen LogP contribution >= 0.6 is 0 Å². The Labute approximate surface area is 168 Å². The maximum absolute atomic E-state index is 12.0. The first-order chi connectivity index (χ1) is 13.1. The van der Waals surface area contributed by atoms with Gasteiger partial charge in [0.2, 0.25) is 0 Å². The molecule has 0 aromatic heterocycles. The number of aliphatic imine (C=N–C) groups is 1. The summed E-state index contributed by atoms with van der Waals surface area (Å²) in [5.74, 6) is 0.257. The summed E-state index contributed by atoms with van der Waals surface area (Å²) in [5.41, 5.74) is 6.54. The van der Waals surface area contributed by atoms with Gasteiger partial charge in [-0.05, 0) is 70.5 Å². The van der Waals surface area contributed by atoms with Gasteiger partial charge in [0.15, 0.2) is 0 Å². The highest BCUT2D eigenvalue weighted by molar-refractivity contribution is 5.96. The first-order valence-electron chi connectivity index (χ1n) is 9.95. The van der Waals surface area contributed by atoms with Crippen molar-refractivity contribution in [2.45, 2.75) is 58.8 Å². The van der Waals surface area contributed by atoms with Crippen LogP contribution < -0.4 is 0 Å². The second kappa shape index (κ2) is 7.20. The molecule has 0 amide bonds. The van der Waals surface area contributed by atoms with Gasteiger partial charge in [0, 0.05) is 6.21 Å². The summed E-state index contributed by atoms with van der Waals surface area (Å²) in [5, 5.41) is 0. The van der Waals surface area contributed by atoms with Crippen LogP contribution in [0.2, 0.25) is 0 Å². The third kappa shape index (κ3) is 3.50. The van der Waals surface area contributed by atoms with Gasteiger partial charge in [-0.1, -0.05) is 52.8 Å². The third-order valence-electron chi connectivity index (χ3n) is 6.53. The molecule has 0 saturated heterocycles. The molecule has 0 saturated carbocycles. The van der Waals surface area contributed by atoms with Crippen LogP contribution in [0, 0.1) is 12.8 Å². The molecule has 1 aliphatic carbocycles. The van der Waals surface area contributed by atoms with Gasteiger partial charge in [0.1, 0.15) is 0 Å². The van der Waals surface area contributed by atoms with Crippen LogP contribution in [-0.2, 0) is 15.6 Å². The maximum atomic E-state index is 12.0. The SMILES string of the molecule is COC(=O)c1ccccc1N=Cc1cc2c(cc1C)C(C)(C)C(C)CC2(C)C. The number of para-hydroxylation sites is 1. The van der Waals surface area contributed by atoms with Crippen LogP contribution in [0.25, 0.3) is 0 Å². The van der Waals surface area contributed by atoms with Crippen molar-refractivity contribution in [1.29, 1.82) is 0 Å². The second-order valence-electron chi connectivity index (χ2n) is 9.23. The highest BCUT2D eigenvalue weighted by Gasteiger charge is 2.42. The molecule has 0 heterocycles. The highest BCUT2D eigenvalue weighted by atomic mass is 16.5. The fourth-order valence-electron chi connectivity index (χ4n) is 4.36. The number of carbonyl (C=O) groups is 1. The second-order valence-corrected chi connectivity index (χ2v) is 9.23. The Balaban J connectivity index is 2.07. The van der Waals surface area contributed by atoms with E-state index in [1.165, 1.54) is 23.8 Å². The van der Waals surface area contributed by atoms with E-state index in [9.17, 15) is 4.79 Å². The van der Waals surface area contributed by atoms with Crippen LogP contribution in [0.15, 0.2) is 41.4 Å². The van der Waals surface area contributed by atoms with Gasteiger partial charge in [-0.3, -0.25) is 4.99 Å². The predicted octanol–water partition coefficient (Wildman–Crippen LogP) is 6.13. The van der Waals surface area contributed by atoms with Crippen LogP contribution in [0.5, 0.6) is 0 Å². The Morgan fingerprint density at radius 3 is 2.50 bits per heavy atom. The lowest BCUT2D eigenvalue weighted by Crippen LogP contribution is -2.40. The Bertz CT molecular complexity index is 938. The van der Waals surface area contributed by atoms with Crippen LogP contribution in [0.3, 0.4) is 0 Å². The first-order valence-corrected chi connectivity index (χ1v) is 9.95. The fourth-order valence-corrected chi connectivity index (χ4v) is 4.36. The van der Waals surface area contributed by atoms with E-state index in [1.54, 1.807) is 6.07 Å². The van der Waals surface area contributed by atoms with E-state index in [2.05, 4.69) is 58.7 Å². The van der Waals surface area contributed by atoms with Crippen molar-refractivity contribution in [2.24, 2.45) is 10.9 Å². The van der Waals surface area contributed by atoms with Crippen molar-refractivity contribution >= 4 is 17.9 Å². The molecule has 0 aliphatic heterocycles. The lowest BCUT2D eigenvalue weighted by atomic mass is 9.58. The Morgan fingerprint density at radius 2 is 1.82 bits per heavy atom. The molecule has 3 rings (SSSR count). The average molecular weight is 378 g/mol. The van der Waals surface area contributed by atoms with Gasteiger partial charge >= 0.3 is 5.97 Å². The quantitative estimate of drug-likeness (QED) is 0.477. The summed E-state index contributed by atoms with van der Waals surface area (Å²) in [4.78, 5) is 16.6. The third-order valence-corrected chi connectivity index (χ3v) is 6.53. The molecule has 0 fully saturated rings. The molecule has 1 atom stereocenters. The minimum Gasteiger partial charge on any atom is -0.465 e. The van der Waals surface area contributed by atoms with Crippen molar-refractivity contribution in [3.8, 4) is 0 Å². The fraction of sp³-hybridized carbons (Fsp3) is 0.440. The van der Waals surface area contributed by atoms with Gasteiger partial charge in [-0.25, -0.2) is 4.79 Å². The number of fused-ring (bicyclic) bond motifs is 1. The minimum atomic E-state index is -0.369. The van der Waals surface area contributed by atoms with E-state index in [0.29, 0.717) is 17.2 Å². The molecule has 0 N–H and O–H groups in total. The molecule has 3 heteroatoms. The minimum absolute atomic E-state index is 0.129. The number of carbonyl (C=O) groups excluding carboxylic acids is 1. The molecule has 0 bridgehead atoms. The number of esters is 1. The predicted molar refractivity (Wildman–Crippen MR) is 116 cm³/mol. The first kappa shape index (κ1) is 20.3. The Morgan fingerprint density at radius 1 is 1.14 bits per heavy atom. The number of hydrogen-bond donors (Lipinski definition) is 0. The zero-order chi connectivity index (χ0) is 20.7. The molecule has 3 nitrogen and oxygen atoms in total. The summed E-state index contributed by atoms with van der Waals surface area (Å²) < 4.78 is 4.87. The number of rotatable bonds is 3. The summed E-state index contributed by atoms with van der Waals surface area (Å²) >= 11 is 0. The topological polar surface area (TPSA) is 38.7 Å². The molecular formula is C25H31NO2. The molecule has 28 heavy (non-hydrogen) atoms. The number of ether oxygens (including phenoxy) is 1. The molecule has 1 unspecified atom stereocenters. The van der Waals surface area contributed by atoms with E-state index >= 15 is 0 Å². The van der Waals surface area contributed by atoms with Crippen molar-refractivity contribution in [1.82, 2.24) is 0 Å². The zero-order valence-electron chi connectivity index (χ0n) is 18.1. The number of methoxy groups -OCH3 is 1. The van der Waals surface area contributed by atoms with Crippen LogP contribution in [-0.4, -0.2) is 19.3 Å². The van der Waals surface area contributed by atoms with Gasteiger partial charge in [0.25, 0.3) is 0 Å². The summed E-state index contributed by atoms with van der Waals surface area (Å²) in [6, 6.07) is 11.9. The standard InChI is InChI=1S/C25H31NO2/c1-16-12-21-20(24(3,4)14-17(2)25(21,5)6)13-18(16)15-26-22-11-9-8-10-19(22)23(27)28-7/h8-13,15,17H,14H2,1-7H3. The number of nitrogens with zero attached hydrogens (tertiary/aromatic N) is 1. The summed E-state index contributed by atoms with van der Waals surface area (Å²) in [7, 11) is 1.39. The Kier molecular flexibility index (Phi) is 5.22. The normalized spacial score (nSPS) is 20.0. The molecule has 2 aromatic rings. The monoisotopic (exact) mass is 377 g/mol. The Hall–Kier alpha value is -2.42. The molecule has 0 spiro atoms. The maximum Gasteiger partial charge on any atom is 0.340 e. The molecule has 1 aliphatic rings. The molecular weight excluding hydrogens is 346 g/mol. The van der Waals surface area contributed by atoms with E-state index in [4.69, 9.17) is 4.74 Å². The van der Waals surface area contributed by atoms with Gasteiger partial charge in [-0.15, -0.1) is 0 Å². The van der Waals surface area contributed by atoms with Gasteiger partial charge in [0.05, 0.1) is 18.4 Å². The van der Waals surface area contributed by atoms with Crippen LogP contribution in [0.4, 0.5) is 5.69 Å². The average Bonchev–Trinajstić information content (AvgIpc) is 2.64. The van der Waals surface area contributed by atoms with Gasteiger partial charge < -0.3 is 4.74 Å². The van der Waals surface area contributed by atoms with E-state index in [0.717, 1.165) is 12.0 Å². The van der Waals surface area contributed by atoms with E-state index in [-0.39, 0.29) is 16.8 Å². The van der Waals surface area contributed by atoms with E-state index in [1.807, 2.05) is 24.4 Å². The smallest absolute Gasteiger partial charge is 0.340 e. The van der Waals surface area contributed by atoms with Crippen molar-refractivity contribution in [2.75, 3.05) is 7.11 Å². The van der Waals surface area contributed by atoms with Crippen molar-refractivity contribution < 1.29 is 9.53 Å². The lowest BCUT2D eigenvalue weighted by Gasteiger charge is -2.47. The van der Waals surface area contributed by atoms with Crippen molar-refractivity contribution in [3.63, 3.8) is 0 Å². The zero-order valence-corrected chi connectivity index (χ0v) is 18.1. The number of hydrogen-bond acceptors (Lipinski definition) is 3. The highest BCUT2D eigenvalue weighted by Crippen LogP contribution is 2.49.